The van der Waals surface area contributed by atoms with Gasteiger partial charge in [0.15, 0.2) is 0 Å². The lowest BCUT2D eigenvalue weighted by Crippen LogP contribution is -2.13. The molecule has 1 nitrogen and oxygen atoms in total. The van der Waals surface area contributed by atoms with E-state index in [1.54, 1.807) is 0 Å². The second-order valence-electron chi connectivity index (χ2n) is 9.29. The van der Waals surface area contributed by atoms with Crippen LogP contribution in [0.2, 0.25) is 0 Å². The maximum absolute atomic E-state index is 11.3. The lowest BCUT2D eigenvalue weighted by atomic mass is 9.79. The molecule has 0 atom stereocenters. The van der Waals surface area contributed by atoms with Gasteiger partial charge in [0.05, 0.1) is 0 Å². The molecular formula is C26H30O. The fourth-order valence-electron chi connectivity index (χ4n) is 3.72. The maximum Gasteiger partial charge on any atom is 0.131 e. The highest BCUT2D eigenvalue weighted by molar-refractivity contribution is 5.85. The molecule has 0 bridgehead atoms. The van der Waals surface area contributed by atoms with Crippen LogP contribution in [0.5, 0.6) is 5.75 Å². The molecule has 3 aromatic rings. The zero-order valence-electron chi connectivity index (χ0n) is 17.3. The van der Waals surface area contributed by atoms with Gasteiger partial charge in [-0.15, -0.1) is 0 Å². The number of rotatable bonds is 2. The van der Waals surface area contributed by atoms with Crippen molar-refractivity contribution in [3.05, 3.63) is 77.9 Å². The Morgan fingerprint density at radius 3 is 1.19 bits per heavy atom. The van der Waals surface area contributed by atoms with Crippen LogP contribution in [0, 0.1) is 0 Å². The average molecular weight is 359 g/mol. The van der Waals surface area contributed by atoms with Gasteiger partial charge in [-0.25, -0.2) is 0 Å². The zero-order chi connectivity index (χ0) is 19.8. The molecule has 0 aromatic heterocycles. The number of phenols is 1. The van der Waals surface area contributed by atoms with Crippen molar-refractivity contribution in [1.82, 2.24) is 0 Å². The normalized spacial score (nSPS) is 12.2. The van der Waals surface area contributed by atoms with Crippen molar-refractivity contribution in [2.75, 3.05) is 0 Å². The highest BCUT2D eigenvalue weighted by Gasteiger charge is 2.23. The van der Waals surface area contributed by atoms with E-state index in [2.05, 4.69) is 77.9 Å². The van der Waals surface area contributed by atoms with Gasteiger partial charge in [0.1, 0.15) is 5.75 Å². The average Bonchev–Trinajstić information content (AvgIpc) is 2.60. The van der Waals surface area contributed by atoms with Crippen molar-refractivity contribution >= 4 is 0 Å². The van der Waals surface area contributed by atoms with E-state index >= 15 is 0 Å². The molecule has 0 aliphatic heterocycles. The van der Waals surface area contributed by atoms with Crippen LogP contribution in [0.15, 0.2) is 66.7 Å². The Morgan fingerprint density at radius 1 is 0.481 bits per heavy atom. The van der Waals surface area contributed by atoms with Gasteiger partial charge in [-0.05, 0) is 33.1 Å². The van der Waals surface area contributed by atoms with Crippen molar-refractivity contribution < 1.29 is 5.11 Å². The summed E-state index contributed by atoms with van der Waals surface area (Å²) < 4.78 is 0. The Morgan fingerprint density at radius 2 is 0.815 bits per heavy atom. The number of benzene rings is 3. The van der Waals surface area contributed by atoms with E-state index in [1.165, 1.54) is 11.1 Å². The first kappa shape index (κ1) is 19.2. The summed E-state index contributed by atoms with van der Waals surface area (Å²) in [5.41, 5.74) is 6.45. The SMILES string of the molecule is CC(C)(C)c1ccccc1-c1cccc(-c2ccccc2C(C)(C)C)c1O. The van der Waals surface area contributed by atoms with Crippen LogP contribution in [-0.4, -0.2) is 5.11 Å². The molecule has 3 rings (SSSR count). The Hall–Kier alpha value is -2.54. The summed E-state index contributed by atoms with van der Waals surface area (Å²) in [6.07, 6.45) is 0. The molecule has 0 spiro atoms. The number of aromatic hydroxyl groups is 1. The molecule has 0 saturated carbocycles. The van der Waals surface area contributed by atoms with E-state index in [-0.39, 0.29) is 10.8 Å². The number of hydrogen-bond acceptors (Lipinski definition) is 1. The van der Waals surface area contributed by atoms with Crippen LogP contribution < -0.4 is 0 Å². The predicted molar refractivity (Wildman–Crippen MR) is 116 cm³/mol. The standard InChI is InChI=1S/C26H30O/c1-25(2,3)22-16-9-7-12-18(22)20-14-11-15-21(24(20)27)19-13-8-10-17-23(19)26(4,5)6/h7-17,27H,1-6H3. The Labute approximate surface area is 163 Å². The third-order valence-corrected chi connectivity index (χ3v) is 5.09. The fourth-order valence-corrected chi connectivity index (χ4v) is 3.72. The zero-order valence-corrected chi connectivity index (χ0v) is 17.3. The van der Waals surface area contributed by atoms with Gasteiger partial charge in [-0.2, -0.15) is 0 Å². The molecule has 0 saturated heterocycles. The fraction of sp³-hybridized carbons (Fsp3) is 0.308. The van der Waals surface area contributed by atoms with Gasteiger partial charge in [0.2, 0.25) is 0 Å². The van der Waals surface area contributed by atoms with E-state index in [0.717, 1.165) is 22.3 Å². The lowest BCUT2D eigenvalue weighted by molar-refractivity contribution is 0.478. The molecule has 1 N–H and O–H groups in total. The minimum absolute atomic E-state index is 0.00234. The van der Waals surface area contributed by atoms with Gasteiger partial charge < -0.3 is 5.11 Å². The molecule has 3 aromatic carbocycles. The van der Waals surface area contributed by atoms with Crippen LogP contribution in [0.3, 0.4) is 0 Å². The van der Waals surface area contributed by atoms with E-state index in [9.17, 15) is 5.11 Å². The first-order valence-electron chi connectivity index (χ1n) is 9.62. The van der Waals surface area contributed by atoms with Crippen LogP contribution in [-0.2, 0) is 10.8 Å². The monoisotopic (exact) mass is 358 g/mol. The van der Waals surface area contributed by atoms with Crippen molar-refractivity contribution in [1.29, 1.82) is 0 Å². The molecule has 0 heterocycles. The molecule has 1 heteroatoms. The second-order valence-corrected chi connectivity index (χ2v) is 9.29. The van der Waals surface area contributed by atoms with E-state index in [1.807, 2.05) is 30.3 Å². The summed E-state index contributed by atoms with van der Waals surface area (Å²) in [4.78, 5) is 0. The summed E-state index contributed by atoms with van der Waals surface area (Å²) in [5.74, 6) is 0.353. The van der Waals surface area contributed by atoms with Gasteiger partial charge in [0, 0.05) is 11.1 Å². The van der Waals surface area contributed by atoms with Crippen LogP contribution in [0.4, 0.5) is 0 Å². The van der Waals surface area contributed by atoms with Crippen molar-refractivity contribution in [3.63, 3.8) is 0 Å². The predicted octanol–water partition coefficient (Wildman–Crippen LogP) is 7.32. The van der Waals surface area contributed by atoms with Gasteiger partial charge in [0.25, 0.3) is 0 Å². The minimum atomic E-state index is 0.00234. The Kier molecular flexibility index (Phi) is 4.90. The third-order valence-electron chi connectivity index (χ3n) is 5.09. The smallest absolute Gasteiger partial charge is 0.131 e. The Balaban J connectivity index is 2.25. The number of hydrogen-bond donors (Lipinski definition) is 1. The molecule has 0 fully saturated rings. The van der Waals surface area contributed by atoms with Gasteiger partial charge in [-0.1, -0.05) is 108 Å². The molecular weight excluding hydrogens is 328 g/mol. The summed E-state index contributed by atoms with van der Waals surface area (Å²) in [6, 6.07) is 22.8. The van der Waals surface area contributed by atoms with Gasteiger partial charge >= 0.3 is 0 Å². The van der Waals surface area contributed by atoms with Crippen molar-refractivity contribution in [3.8, 4) is 28.0 Å². The van der Waals surface area contributed by atoms with E-state index < -0.39 is 0 Å². The maximum atomic E-state index is 11.3. The molecule has 0 aliphatic rings. The lowest BCUT2D eigenvalue weighted by Gasteiger charge is -2.25. The molecule has 140 valence electrons. The molecule has 0 radical (unpaired) electrons. The highest BCUT2D eigenvalue weighted by Crippen LogP contribution is 2.44. The molecule has 0 amide bonds. The van der Waals surface area contributed by atoms with Crippen molar-refractivity contribution in [2.24, 2.45) is 0 Å². The van der Waals surface area contributed by atoms with Crippen LogP contribution >= 0.6 is 0 Å². The van der Waals surface area contributed by atoms with Crippen LogP contribution in [0.25, 0.3) is 22.3 Å². The topological polar surface area (TPSA) is 20.2 Å². The number of para-hydroxylation sites is 1. The third kappa shape index (κ3) is 3.78. The first-order chi connectivity index (χ1) is 12.6. The molecule has 0 aliphatic carbocycles. The summed E-state index contributed by atoms with van der Waals surface area (Å²) in [6.45, 7) is 13.3. The summed E-state index contributed by atoms with van der Waals surface area (Å²) in [7, 11) is 0. The second kappa shape index (κ2) is 6.88. The quantitative estimate of drug-likeness (QED) is 0.509. The van der Waals surface area contributed by atoms with Crippen LogP contribution in [0.1, 0.15) is 52.7 Å². The first-order valence-corrected chi connectivity index (χ1v) is 9.62. The highest BCUT2D eigenvalue weighted by atomic mass is 16.3. The number of phenolic OH excluding ortho intramolecular Hbond substituents is 1. The Bertz CT molecular complexity index is 877. The largest absolute Gasteiger partial charge is 0.507 e. The summed E-state index contributed by atoms with van der Waals surface area (Å²) in [5, 5.41) is 11.3. The van der Waals surface area contributed by atoms with Crippen molar-refractivity contribution in [2.45, 2.75) is 52.4 Å². The molecule has 27 heavy (non-hydrogen) atoms. The minimum Gasteiger partial charge on any atom is -0.507 e. The van der Waals surface area contributed by atoms with E-state index in [4.69, 9.17) is 0 Å². The summed E-state index contributed by atoms with van der Waals surface area (Å²) >= 11 is 0. The van der Waals surface area contributed by atoms with Gasteiger partial charge in [-0.3, -0.25) is 0 Å². The molecule has 0 unspecified atom stereocenters. The van der Waals surface area contributed by atoms with E-state index in [0.29, 0.717) is 5.75 Å².